The Labute approximate surface area is 178 Å². The van der Waals surface area contributed by atoms with Gasteiger partial charge in [0.15, 0.2) is 6.10 Å². The van der Waals surface area contributed by atoms with Gasteiger partial charge >= 0.3 is 5.97 Å². The first kappa shape index (κ1) is 21.8. The van der Waals surface area contributed by atoms with Crippen LogP contribution in [0.25, 0.3) is 0 Å². The number of aryl methyl sites for hydroxylation is 1. The van der Waals surface area contributed by atoms with E-state index in [4.69, 9.17) is 9.26 Å². The molecular weight excluding hydrogens is 408 g/mol. The van der Waals surface area contributed by atoms with Crippen molar-refractivity contribution in [3.05, 3.63) is 41.4 Å². The van der Waals surface area contributed by atoms with E-state index in [-0.39, 0.29) is 11.8 Å². The van der Waals surface area contributed by atoms with Crippen LogP contribution < -0.4 is 0 Å². The van der Waals surface area contributed by atoms with Crippen molar-refractivity contribution in [3.63, 3.8) is 0 Å². The fraction of sp³-hybridized carbons (Fsp3) is 0.450. The highest BCUT2D eigenvalue weighted by atomic mass is 32.2. The molecule has 0 saturated carbocycles. The molecule has 0 aliphatic carbocycles. The van der Waals surface area contributed by atoms with E-state index >= 15 is 0 Å². The van der Waals surface area contributed by atoms with E-state index in [1.165, 1.54) is 18.7 Å². The lowest BCUT2D eigenvalue weighted by Crippen LogP contribution is -2.52. The number of ether oxygens (including phenoxy) is 1. The molecular formula is C20H24N4O5S. The highest BCUT2D eigenvalue weighted by molar-refractivity contribution is 7.98. The number of hydrogen-bond acceptors (Lipinski definition) is 8. The smallest absolute Gasteiger partial charge is 0.341 e. The molecule has 1 unspecified atom stereocenters. The molecule has 30 heavy (non-hydrogen) atoms. The molecule has 0 spiro atoms. The maximum atomic E-state index is 12.7. The molecule has 160 valence electrons. The Morgan fingerprint density at radius 2 is 1.93 bits per heavy atom. The molecule has 1 saturated heterocycles. The third-order valence-electron chi connectivity index (χ3n) is 4.69. The van der Waals surface area contributed by atoms with E-state index in [1.54, 1.807) is 35.1 Å². The monoisotopic (exact) mass is 432 g/mol. The number of piperazine rings is 1. The van der Waals surface area contributed by atoms with Crippen LogP contribution in [0.5, 0.6) is 0 Å². The van der Waals surface area contributed by atoms with Gasteiger partial charge in [0.2, 0.25) is 5.91 Å². The maximum Gasteiger partial charge on any atom is 0.341 e. The first-order valence-corrected chi connectivity index (χ1v) is 10.6. The molecule has 3 rings (SSSR count). The van der Waals surface area contributed by atoms with Crippen LogP contribution in [-0.4, -0.2) is 70.0 Å². The average molecular weight is 433 g/mol. The molecule has 0 radical (unpaired) electrons. The van der Waals surface area contributed by atoms with Crippen molar-refractivity contribution in [1.82, 2.24) is 19.9 Å². The largest absolute Gasteiger partial charge is 0.449 e. The van der Waals surface area contributed by atoms with Crippen molar-refractivity contribution in [2.24, 2.45) is 0 Å². The van der Waals surface area contributed by atoms with Crippen LogP contribution in [0.4, 0.5) is 0 Å². The van der Waals surface area contributed by atoms with Crippen molar-refractivity contribution in [1.29, 1.82) is 0 Å². The third-order valence-corrected chi connectivity index (χ3v) is 5.73. The maximum absolute atomic E-state index is 12.7. The second-order valence-electron chi connectivity index (χ2n) is 6.95. The molecule has 0 N–H and O–H groups in total. The quantitative estimate of drug-likeness (QED) is 0.503. The summed E-state index contributed by atoms with van der Waals surface area (Å²) < 4.78 is 10.5. The van der Waals surface area contributed by atoms with Crippen LogP contribution in [-0.2, 0) is 20.1 Å². The summed E-state index contributed by atoms with van der Waals surface area (Å²) in [5, 5.41) is 4.43. The molecule has 2 amide bonds. The number of aromatic nitrogens is 2. The summed E-state index contributed by atoms with van der Waals surface area (Å²) in [4.78, 5) is 44.3. The van der Waals surface area contributed by atoms with Gasteiger partial charge < -0.3 is 19.1 Å². The zero-order valence-electron chi connectivity index (χ0n) is 17.2. The van der Waals surface area contributed by atoms with Gasteiger partial charge in [0, 0.05) is 51.1 Å². The van der Waals surface area contributed by atoms with E-state index in [9.17, 15) is 14.4 Å². The van der Waals surface area contributed by atoms with Crippen molar-refractivity contribution < 1.29 is 23.6 Å². The molecule has 1 aliphatic rings. The Bertz CT molecular complexity index is 923. The SMILES string of the molecule is CC(=O)N1CCN(C(=O)C(C)OC(=O)c2cccnc2SCc2cc(C)on2)CC1. The molecule has 0 bridgehead atoms. The molecule has 2 aromatic rings. The number of carbonyl (C=O) groups excluding carboxylic acids is 3. The highest BCUT2D eigenvalue weighted by Gasteiger charge is 2.28. The van der Waals surface area contributed by atoms with Gasteiger partial charge in [-0.1, -0.05) is 16.9 Å². The Morgan fingerprint density at radius 3 is 2.57 bits per heavy atom. The fourth-order valence-electron chi connectivity index (χ4n) is 3.06. The van der Waals surface area contributed by atoms with Crippen LogP contribution in [0.1, 0.15) is 35.7 Å². The normalized spacial score (nSPS) is 15.0. The summed E-state index contributed by atoms with van der Waals surface area (Å²) in [5.41, 5.74) is 1.04. The van der Waals surface area contributed by atoms with Crippen molar-refractivity contribution in [2.45, 2.75) is 37.7 Å². The summed E-state index contributed by atoms with van der Waals surface area (Å²) in [7, 11) is 0. The highest BCUT2D eigenvalue weighted by Crippen LogP contribution is 2.25. The Balaban J connectivity index is 1.58. The average Bonchev–Trinajstić information content (AvgIpc) is 3.17. The zero-order valence-corrected chi connectivity index (χ0v) is 18.0. The summed E-state index contributed by atoms with van der Waals surface area (Å²) in [5.74, 6) is 0.309. The Morgan fingerprint density at radius 1 is 1.23 bits per heavy atom. The van der Waals surface area contributed by atoms with E-state index in [0.29, 0.717) is 48.3 Å². The molecule has 1 aliphatic heterocycles. The van der Waals surface area contributed by atoms with E-state index < -0.39 is 12.1 Å². The zero-order chi connectivity index (χ0) is 21.7. The minimum Gasteiger partial charge on any atom is -0.449 e. The lowest BCUT2D eigenvalue weighted by molar-refractivity contribution is -0.144. The summed E-state index contributed by atoms with van der Waals surface area (Å²) in [6, 6.07) is 5.09. The Hall–Kier alpha value is -2.88. The molecule has 2 aromatic heterocycles. The van der Waals surface area contributed by atoms with Gasteiger partial charge in [0.1, 0.15) is 10.8 Å². The van der Waals surface area contributed by atoms with Gasteiger partial charge in [-0.15, -0.1) is 0 Å². The third kappa shape index (κ3) is 5.38. The van der Waals surface area contributed by atoms with Crippen LogP contribution in [0.2, 0.25) is 0 Å². The molecule has 9 nitrogen and oxygen atoms in total. The van der Waals surface area contributed by atoms with Gasteiger partial charge in [-0.25, -0.2) is 9.78 Å². The molecule has 0 aromatic carbocycles. The van der Waals surface area contributed by atoms with Gasteiger partial charge in [0.25, 0.3) is 5.91 Å². The number of carbonyl (C=O) groups is 3. The molecule has 3 heterocycles. The molecule has 1 fully saturated rings. The number of nitrogens with zero attached hydrogens (tertiary/aromatic N) is 4. The van der Waals surface area contributed by atoms with Crippen molar-refractivity contribution in [3.8, 4) is 0 Å². The fourth-order valence-corrected chi connectivity index (χ4v) is 3.93. The summed E-state index contributed by atoms with van der Waals surface area (Å²) in [6.07, 6.45) is 0.661. The van der Waals surface area contributed by atoms with Gasteiger partial charge in [-0.2, -0.15) is 0 Å². The standard InChI is InChI=1S/C20H24N4O5S/c1-13-11-16(22-29-13)12-30-18-17(5-4-6-21-18)20(27)28-14(2)19(26)24-9-7-23(8-10-24)15(3)25/h4-6,11,14H,7-10,12H2,1-3H3. The number of pyridine rings is 1. The van der Waals surface area contributed by atoms with Crippen LogP contribution >= 0.6 is 11.8 Å². The number of esters is 1. The predicted molar refractivity (Wildman–Crippen MR) is 109 cm³/mol. The summed E-state index contributed by atoms with van der Waals surface area (Å²) >= 11 is 1.34. The second kappa shape index (κ2) is 9.75. The van der Waals surface area contributed by atoms with Crippen LogP contribution in [0.15, 0.2) is 33.9 Å². The minimum absolute atomic E-state index is 0.0102. The van der Waals surface area contributed by atoms with Gasteiger partial charge in [-0.3, -0.25) is 9.59 Å². The minimum atomic E-state index is -0.933. The first-order valence-electron chi connectivity index (χ1n) is 9.60. The van der Waals surface area contributed by atoms with E-state index in [1.807, 2.05) is 13.0 Å². The van der Waals surface area contributed by atoms with Crippen molar-refractivity contribution >= 4 is 29.5 Å². The predicted octanol–water partition coefficient (Wildman–Crippen LogP) is 1.91. The second-order valence-corrected chi connectivity index (χ2v) is 7.92. The lowest BCUT2D eigenvalue weighted by atomic mass is 10.2. The van der Waals surface area contributed by atoms with Gasteiger partial charge in [-0.05, 0) is 26.0 Å². The topological polar surface area (TPSA) is 106 Å². The first-order chi connectivity index (χ1) is 14.3. The number of thioether (sulfide) groups is 1. The number of hydrogen-bond donors (Lipinski definition) is 0. The van der Waals surface area contributed by atoms with E-state index in [0.717, 1.165) is 5.69 Å². The summed E-state index contributed by atoms with van der Waals surface area (Å²) in [6.45, 7) is 6.67. The van der Waals surface area contributed by atoms with Crippen LogP contribution in [0.3, 0.4) is 0 Å². The number of amides is 2. The van der Waals surface area contributed by atoms with Crippen LogP contribution in [0, 0.1) is 6.92 Å². The van der Waals surface area contributed by atoms with Crippen molar-refractivity contribution in [2.75, 3.05) is 26.2 Å². The van der Waals surface area contributed by atoms with Gasteiger partial charge in [0.05, 0.1) is 11.3 Å². The molecule has 1 atom stereocenters. The van der Waals surface area contributed by atoms with E-state index in [2.05, 4.69) is 10.1 Å². The molecule has 10 heteroatoms. The Kier molecular flexibility index (Phi) is 7.09. The lowest BCUT2D eigenvalue weighted by Gasteiger charge is -2.35. The number of rotatable bonds is 6.